The molecule has 0 aliphatic carbocycles. The summed E-state index contributed by atoms with van der Waals surface area (Å²) in [6, 6.07) is 3.87. The van der Waals surface area contributed by atoms with Crippen molar-refractivity contribution in [1.29, 1.82) is 0 Å². The van der Waals surface area contributed by atoms with Gasteiger partial charge < -0.3 is 5.32 Å². The minimum absolute atomic E-state index is 0.487. The average molecular weight is 296 g/mol. The molecule has 0 unspecified atom stereocenters. The van der Waals surface area contributed by atoms with Crippen LogP contribution in [0.4, 0.5) is 5.69 Å². The molecule has 1 aromatic carbocycles. The Bertz CT molecular complexity index is 553. The number of nitrogens with one attached hydrogen (secondary N) is 1. The third kappa shape index (κ3) is 2.99. The van der Waals surface area contributed by atoms with Crippen molar-refractivity contribution in [3.05, 3.63) is 23.3 Å². The van der Waals surface area contributed by atoms with Crippen LogP contribution in [0.1, 0.15) is 37.3 Å². The van der Waals surface area contributed by atoms with Crippen LogP contribution >= 0.6 is 0 Å². The van der Waals surface area contributed by atoms with Gasteiger partial charge in [-0.1, -0.05) is 6.92 Å². The van der Waals surface area contributed by atoms with Crippen LogP contribution in [0.25, 0.3) is 0 Å². The molecule has 1 N–H and O–H groups in total. The number of nitrogens with zero attached hydrogens (tertiary/aromatic N) is 1. The normalized spacial score (nSPS) is 16.6. The maximum absolute atomic E-state index is 12.7. The van der Waals surface area contributed by atoms with E-state index in [1.54, 1.807) is 4.31 Å². The minimum Gasteiger partial charge on any atom is -0.385 e. The Morgan fingerprint density at radius 3 is 2.20 bits per heavy atom. The second kappa shape index (κ2) is 6.14. The topological polar surface area (TPSA) is 49.4 Å². The summed E-state index contributed by atoms with van der Waals surface area (Å²) in [5, 5.41) is 3.32. The summed E-state index contributed by atoms with van der Waals surface area (Å²) >= 11 is 0. The van der Waals surface area contributed by atoms with Gasteiger partial charge in [-0.3, -0.25) is 0 Å². The average Bonchev–Trinajstić information content (AvgIpc) is 2.89. The second-order valence-electron chi connectivity index (χ2n) is 5.48. The molecule has 4 nitrogen and oxygen atoms in total. The summed E-state index contributed by atoms with van der Waals surface area (Å²) in [5.74, 6) is 0. The van der Waals surface area contributed by atoms with Gasteiger partial charge in [-0.05, 0) is 56.4 Å². The van der Waals surface area contributed by atoms with Gasteiger partial charge >= 0.3 is 0 Å². The number of rotatable bonds is 5. The van der Waals surface area contributed by atoms with Crippen molar-refractivity contribution in [2.45, 2.75) is 44.9 Å². The number of sulfonamides is 1. The van der Waals surface area contributed by atoms with Crippen LogP contribution < -0.4 is 5.32 Å². The molecule has 0 aromatic heterocycles. The highest BCUT2D eigenvalue weighted by Gasteiger charge is 2.29. The molecule has 112 valence electrons. The standard InChI is InChI=1S/C15H24N2O2S/c1-4-7-16-14-10-12(2)15(13(3)11-14)20(18,19)17-8-5-6-9-17/h10-11,16H,4-9H2,1-3H3. The number of hydrogen-bond donors (Lipinski definition) is 1. The summed E-state index contributed by atoms with van der Waals surface area (Å²) in [6.45, 7) is 8.07. The fraction of sp³-hybridized carbons (Fsp3) is 0.600. The van der Waals surface area contributed by atoms with E-state index in [1.165, 1.54) is 0 Å². The molecule has 0 spiro atoms. The molecule has 1 aromatic rings. The maximum atomic E-state index is 12.7. The van der Waals surface area contributed by atoms with E-state index in [2.05, 4.69) is 12.2 Å². The summed E-state index contributed by atoms with van der Waals surface area (Å²) in [4.78, 5) is 0.487. The maximum Gasteiger partial charge on any atom is 0.243 e. The molecule has 1 heterocycles. The molecule has 2 rings (SSSR count). The summed E-state index contributed by atoms with van der Waals surface area (Å²) < 4.78 is 27.0. The number of benzene rings is 1. The fourth-order valence-corrected chi connectivity index (χ4v) is 4.71. The number of anilines is 1. The van der Waals surface area contributed by atoms with Gasteiger partial charge in [0, 0.05) is 25.3 Å². The quantitative estimate of drug-likeness (QED) is 0.909. The highest BCUT2D eigenvalue weighted by molar-refractivity contribution is 7.89. The van der Waals surface area contributed by atoms with Crippen LogP contribution in [0.5, 0.6) is 0 Å². The van der Waals surface area contributed by atoms with Crippen molar-refractivity contribution >= 4 is 15.7 Å². The van der Waals surface area contributed by atoms with Gasteiger partial charge in [0.25, 0.3) is 0 Å². The Balaban J connectivity index is 2.37. The molecule has 5 heteroatoms. The van der Waals surface area contributed by atoms with Crippen LogP contribution in [-0.4, -0.2) is 32.4 Å². The number of aryl methyl sites for hydroxylation is 2. The minimum atomic E-state index is -3.33. The lowest BCUT2D eigenvalue weighted by Crippen LogP contribution is -2.29. The van der Waals surface area contributed by atoms with Crippen LogP contribution in [0.2, 0.25) is 0 Å². The highest BCUT2D eigenvalue weighted by Crippen LogP contribution is 2.29. The fourth-order valence-electron chi connectivity index (χ4n) is 2.79. The largest absolute Gasteiger partial charge is 0.385 e. The second-order valence-corrected chi connectivity index (χ2v) is 7.35. The molecule has 1 aliphatic rings. The molecule has 1 aliphatic heterocycles. The smallest absolute Gasteiger partial charge is 0.243 e. The van der Waals surface area contributed by atoms with Crippen LogP contribution in [0.3, 0.4) is 0 Å². The Morgan fingerprint density at radius 2 is 1.70 bits per heavy atom. The zero-order valence-electron chi connectivity index (χ0n) is 12.6. The zero-order valence-corrected chi connectivity index (χ0v) is 13.4. The number of hydrogen-bond acceptors (Lipinski definition) is 3. The Kier molecular flexibility index (Phi) is 4.70. The first-order valence-corrected chi connectivity index (χ1v) is 8.76. The van der Waals surface area contributed by atoms with E-state index in [1.807, 2.05) is 26.0 Å². The van der Waals surface area contributed by atoms with Crippen molar-refractivity contribution in [3.63, 3.8) is 0 Å². The van der Waals surface area contributed by atoms with Gasteiger partial charge in [0.2, 0.25) is 10.0 Å². The van der Waals surface area contributed by atoms with Crippen LogP contribution in [-0.2, 0) is 10.0 Å². The molecule has 1 saturated heterocycles. The first-order chi connectivity index (χ1) is 9.46. The van der Waals surface area contributed by atoms with E-state index < -0.39 is 10.0 Å². The third-order valence-electron chi connectivity index (χ3n) is 3.70. The van der Waals surface area contributed by atoms with E-state index in [0.717, 1.165) is 42.6 Å². The van der Waals surface area contributed by atoms with Gasteiger partial charge in [-0.2, -0.15) is 4.31 Å². The van der Waals surface area contributed by atoms with Gasteiger partial charge in [0.05, 0.1) is 4.90 Å². The first-order valence-electron chi connectivity index (χ1n) is 7.32. The van der Waals surface area contributed by atoms with Gasteiger partial charge in [-0.15, -0.1) is 0 Å². The monoisotopic (exact) mass is 296 g/mol. The Labute approximate surface area is 122 Å². The summed E-state index contributed by atoms with van der Waals surface area (Å²) in [5.41, 5.74) is 2.66. The predicted octanol–water partition coefficient (Wildman–Crippen LogP) is 2.91. The third-order valence-corrected chi connectivity index (χ3v) is 5.91. The molecule has 1 fully saturated rings. The SMILES string of the molecule is CCCNc1cc(C)c(S(=O)(=O)N2CCCC2)c(C)c1. The van der Waals surface area contributed by atoms with Crippen molar-refractivity contribution in [2.75, 3.05) is 25.0 Å². The van der Waals surface area contributed by atoms with E-state index in [9.17, 15) is 8.42 Å². The molecule has 0 saturated carbocycles. The van der Waals surface area contributed by atoms with Crippen molar-refractivity contribution in [3.8, 4) is 0 Å². The Morgan fingerprint density at radius 1 is 1.15 bits per heavy atom. The first kappa shape index (κ1) is 15.3. The van der Waals surface area contributed by atoms with E-state index >= 15 is 0 Å². The zero-order chi connectivity index (χ0) is 14.8. The van der Waals surface area contributed by atoms with Crippen molar-refractivity contribution < 1.29 is 8.42 Å². The molecular formula is C15H24N2O2S. The molecule has 0 radical (unpaired) electrons. The predicted molar refractivity (Wildman–Crippen MR) is 82.7 cm³/mol. The lowest BCUT2D eigenvalue weighted by molar-refractivity contribution is 0.476. The van der Waals surface area contributed by atoms with E-state index in [4.69, 9.17) is 0 Å². The molecule has 0 amide bonds. The molecule has 0 atom stereocenters. The van der Waals surface area contributed by atoms with Gasteiger partial charge in [0.15, 0.2) is 0 Å². The Hall–Kier alpha value is -1.07. The van der Waals surface area contributed by atoms with E-state index in [0.29, 0.717) is 18.0 Å². The molecule has 0 bridgehead atoms. The van der Waals surface area contributed by atoms with Gasteiger partial charge in [0.1, 0.15) is 0 Å². The highest BCUT2D eigenvalue weighted by atomic mass is 32.2. The molecule has 20 heavy (non-hydrogen) atoms. The van der Waals surface area contributed by atoms with Crippen LogP contribution in [0.15, 0.2) is 17.0 Å². The lowest BCUT2D eigenvalue weighted by Gasteiger charge is -2.20. The summed E-state index contributed by atoms with van der Waals surface area (Å²) in [6.07, 6.45) is 2.98. The van der Waals surface area contributed by atoms with Crippen LogP contribution in [0, 0.1) is 13.8 Å². The molecular weight excluding hydrogens is 272 g/mol. The summed E-state index contributed by atoms with van der Waals surface area (Å²) in [7, 11) is -3.33. The van der Waals surface area contributed by atoms with Crippen molar-refractivity contribution in [2.24, 2.45) is 0 Å². The lowest BCUT2D eigenvalue weighted by atomic mass is 10.1. The van der Waals surface area contributed by atoms with Crippen molar-refractivity contribution in [1.82, 2.24) is 4.31 Å². The van der Waals surface area contributed by atoms with E-state index in [-0.39, 0.29) is 0 Å². The van der Waals surface area contributed by atoms with Gasteiger partial charge in [-0.25, -0.2) is 8.42 Å².